The van der Waals surface area contributed by atoms with Gasteiger partial charge in [-0.15, -0.1) is 0 Å². The molecule has 1 amide bonds. The summed E-state index contributed by atoms with van der Waals surface area (Å²) < 4.78 is 10.8. The molecule has 15 heteroatoms. The molecule has 66 heavy (non-hydrogen) atoms. The molecule has 8 N–H and O–H groups in total. The minimum absolute atomic E-state index is 0. The number of benzene rings is 4. The number of rotatable bonds is 9. The third-order valence-corrected chi connectivity index (χ3v) is 13.0. The van der Waals surface area contributed by atoms with Crippen molar-refractivity contribution in [2.75, 3.05) is 40.4 Å². The first-order valence-corrected chi connectivity index (χ1v) is 22.3. The quantitative estimate of drug-likeness (QED) is 0.0425. The number of carboxylic acids is 1. The molecule has 4 aromatic carbocycles. The molecule has 0 saturated heterocycles. The molecule has 2 saturated carbocycles. The van der Waals surface area contributed by atoms with E-state index in [4.69, 9.17) is 30.8 Å². The van der Waals surface area contributed by atoms with Crippen molar-refractivity contribution in [3.05, 3.63) is 130 Å². The van der Waals surface area contributed by atoms with Crippen LogP contribution in [0.25, 0.3) is 0 Å². The van der Waals surface area contributed by atoms with E-state index in [1.165, 1.54) is 11.1 Å². The number of nitrogens with one attached hydrogen (secondary N) is 5. The van der Waals surface area contributed by atoms with E-state index in [-0.39, 0.29) is 30.2 Å². The lowest BCUT2D eigenvalue weighted by Crippen LogP contribution is -2.49. The SMILES string of the molecule is C.CN=C(NC#N)NC1CCC(CN)(c2ccccc2)CC1.CN=C(NC#N)NC1CCC(CNC(=O)c2ccc3c(c2)CCO3)(c2ccccc2)CC1.O=C(O)c1ccc2c(c1)CCO2. The Balaban J connectivity index is 0.000000205. The van der Waals surface area contributed by atoms with Crippen LogP contribution in [-0.2, 0) is 23.7 Å². The van der Waals surface area contributed by atoms with E-state index in [1.807, 2.05) is 42.7 Å². The summed E-state index contributed by atoms with van der Waals surface area (Å²) in [5, 5.41) is 41.2. The van der Waals surface area contributed by atoms with E-state index >= 15 is 0 Å². The number of aromatic carboxylic acids is 1. The summed E-state index contributed by atoms with van der Waals surface area (Å²) in [6.45, 7) is 2.61. The zero-order valence-corrected chi connectivity index (χ0v) is 37.2. The summed E-state index contributed by atoms with van der Waals surface area (Å²) in [6.07, 6.45) is 13.3. The molecule has 0 atom stereocenters. The van der Waals surface area contributed by atoms with Crippen LogP contribution in [-0.4, -0.2) is 81.4 Å². The molecule has 2 aliphatic heterocycles. The van der Waals surface area contributed by atoms with Crippen LogP contribution in [0.15, 0.2) is 107 Å². The molecular weight excluding hydrogens is 833 g/mol. The number of amides is 1. The van der Waals surface area contributed by atoms with Crippen molar-refractivity contribution < 1.29 is 24.2 Å². The Morgan fingerprint density at radius 3 is 1.58 bits per heavy atom. The first-order chi connectivity index (χ1) is 31.6. The zero-order chi connectivity index (χ0) is 46.1. The van der Waals surface area contributed by atoms with E-state index in [9.17, 15) is 9.59 Å². The molecule has 0 spiro atoms. The van der Waals surface area contributed by atoms with E-state index < -0.39 is 5.97 Å². The second-order valence-corrected chi connectivity index (χ2v) is 16.8. The van der Waals surface area contributed by atoms with Crippen LogP contribution in [0.4, 0.5) is 0 Å². The predicted molar refractivity (Wildman–Crippen MR) is 258 cm³/mol. The number of nitrogens with zero attached hydrogens (tertiary/aromatic N) is 4. The third-order valence-electron chi connectivity index (χ3n) is 13.0. The Kier molecular flexibility index (Phi) is 18.3. The molecule has 8 rings (SSSR count). The number of hydrogen-bond acceptors (Lipinski definition) is 9. The highest BCUT2D eigenvalue weighted by atomic mass is 16.5. The molecule has 15 nitrogen and oxygen atoms in total. The molecule has 2 aliphatic carbocycles. The molecule has 4 aliphatic rings. The largest absolute Gasteiger partial charge is 0.493 e. The van der Waals surface area contributed by atoms with Crippen molar-refractivity contribution in [2.24, 2.45) is 15.7 Å². The lowest BCUT2D eigenvalue weighted by atomic mass is 9.68. The summed E-state index contributed by atoms with van der Waals surface area (Å²) in [7, 11) is 3.33. The van der Waals surface area contributed by atoms with Gasteiger partial charge in [-0.05, 0) is 110 Å². The number of aliphatic imine (C=N–C) groups is 2. The van der Waals surface area contributed by atoms with Gasteiger partial charge in [0.05, 0.1) is 18.8 Å². The van der Waals surface area contributed by atoms with Gasteiger partial charge in [0.15, 0.2) is 12.4 Å². The van der Waals surface area contributed by atoms with Crippen LogP contribution in [0.1, 0.15) is 102 Å². The molecule has 0 radical (unpaired) electrons. The van der Waals surface area contributed by atoms with E-state index in [2.05, 4.69) is 85.1 Å². The van der Waals surface area contributed by atoms with Crippen LogP contribution < -0.4 is 41.8 Å². The van der Waals surface area contributed by atoms with Crippen LogP contribution in [0.5, 0.6) is 11.5 Å². The number of ether oxygens (including phenoxy) is 2. The number of hydrogen-bond donors (Lipinski definition) is 7. The van der Waals surface area contributed by atoms with Crippen molar-refractivity contribution in [1.82, 2.24) is 26.6 Å². The topological polar surface area (TPSA) is 231 Å². The van der Waals surface area contributed by atoms with E-state index in [1.54, 1.807) is 32.3 Å². The maximum absolute atomic E-state index is 13.0. The molecule has 0 bridgehead atoms. The molecular formula is C51H64N10O5. The minimum atomic E-state index is -0.885. The summed E-state index contributed by atoms with van der Waals surface area (Å²) in [5.41, 5.74) is 11.8. The zero-order valence-electron chi connectivity index (χ0n) is 37.2. The van der Waals surface area contributed by atoms with E-state index in [0.717, 1.165) is 86.8 Å². The monoisotopic (exact) mass is 897 g/mol. The number of carbonyl (C=O) groups is 2. The summed E-state index contributed by atoms with van der Waals surface area (Å²) in [6, 6.07) is 32.2. The van der Waals surface area contributed by atoms with E-state index in [0.29, 0.717) is 55.4 Å². The lowest BCUT2D eigenvalue weighted by Gasteiger charge is -2.41. The fourth-order valence-corrected chi connectivity index (χ4v) is 9.20. The Morgan fingerprint density at radius 1 is 0.697 bits per heavy atom. The van der Waals surface area contributed by atoms with Crippen LogP contribution >= 0.6 is 0 Å². The second kappa shape index (κ2) is 24.3. The fraction of sp³-hybridized carbons (Fsp3) is 0.412. The summed E-state index contributed by atoms with van der Waals surface area (Å²) >= 11 is 0. The number of carboxylic acid groups (broad SMARTS) is 1. The van der Waals surface area contributed by atoms with Crippen molar-refractivity contribution in [3.8, 4) is 23.9 Å². The number of fused-ring (bicyclic) bond motifs is 2. The van der Waals surface area contributed by atoms with Gasteiger partial charge in [-0.2, -0.15) is 10.5 Å². The maximum atomic E-state index is 13.0. The average molecular weight is 897 g/mol. The second-order valence-electron chi connectivity index (χ2n) is 16.8. The Hall–Kier alpha value is -7.10. The first kappa shape index (κ1) is 49.9. The molecule has 2 heterocycles. The van der Waals surface area contributed by atoms with Gasteiger partial charge in [-0.1, -0.05) is 68.1 Å². The molecule has 4 aromatic rings. The normalized spacial score (nSPS) is 21.5. The average Bonchev–Trinajstić information content (AvgIpc) is 4.04. The predicted octanol–water partition coefficient (Wildman–Crippen LogP) is 6.31. The van der Waals surface area contributed by atoms with Crippen molar-refractivity contribution in [2.45, 2.75) is 94.5 Å². The Labute approximate surface area is 388 Å². The molecule has 0 aromatic heterocycles. The Morgan fingerprint density at radius 2 is 1.14 bits per heavy atom. The highest BCUT2D eigenvalue weighted by Crippen LogP contribution is 2.40. The number of nitrogens with two attached hydrogens (primary N) is 1. The van der Waals surface area contributed by atoms with Gasteiger partial charge in [-0.25, -0.2) is 4.79 Å². The summed E-state index contributed by atoms with van der Waals surface area (Å²) in [4.78, 5) is 31.6. The fourth-order valence-electron chi connectivity index (χ4n) is 9.20. The van der Waals surface area contributed by atoms with Gasteiger partial charge in [0.2, 0.25) is 11.9 Å². The van der Waals surface area contributed by atoms with Crippen molar-refractivity contribution in [3.63, 3.8) is 0 Å². The van der Waals surface area contributed by atoms with Crippen LogP contribution in [0, 0.1) is 22.9 Å². The molecule has 348 valence electrons. The van der Waals surface area contributed by atoms with Crippen molar-refractivity contribution in [1.29, 1.82) is 10.5 Å². The molecule has 2 fully saturated rings. The van der Waals surface area contributed by atoms with Gasteiger partial charge in [0.1, 0.15) is 11.5 Å². The molecule has 0 unspecified atom stereocenters. The smallest absolute Gasteiger partial charge is 0.335 e. The number of guanidine groups is 2. The standard InChI is InChI=1S/C25H29N5O2.C16H23N5.C9H8O3.CH4/c1-27-24(29-17-26)30-21-9-12-25(13-10-21,20-5-3-2-4-6-20)16-28-23(31)19-7-8-22-18(15-19)11-14-32-22;1-19-15(20-12-18)21-14-7-9-16(11-17,10-8-14)13-5-3-2-4-6-13;10-9(11)7-1-2-8-6(5-7)3-4-12-8;/h2-8,15,21H,9-14,16H2,1H3,(H,28,31)(H2,27,29,30);2-6,14H,7-11,17H2,1H3,(H2,19,20,21);1-2,5H,3-4H2,(H,10,11);1H4. The van der Waals surface area contributed by atoms with Gasteiger partial charge >= 0.3 is 5.97 Å². The maximum Gasteiger partial charge on any atom is 0.335 e. The van der Waals surface area contributed by atoms with Gasteiger partial charge in [-0.3, -0.25) is 25.4 Å². The third kappa shape index (κ3) is 12.8. The van der Waals surface area contributed by atoms with Gasteiger partial charge in [0, 0.05) is 68.5 Å². The van der Waals surface area contributed by atoms with Gasteiger partial charge < -0.3 is 36.3 Å². The lowest BCUT2D eigenvalue weighted by molar-refractivity contribution is 0.0696. The van der Waals surface area contributed by atoms with Crippen LogP contribution in [0.3, 0.4) is 0 Å². The minimum Gasteiger partial charge on any atom is -0.493 e. The van der Waals surface area contributed by atoms with Crippen LogP contribution in [0.2, 0.25) is 0 Å². The highest BCUT2D eigenvalue weighted by molar-refractivity contribution is 5.94. The van der Waals surface area contributed by atoms with Gasteiger partial charge in [0.25, 0.3) is 5.91 Å². The number of nitriles is 2. The highest BCUT2D eigenvalue weighted by Gasteiger charge is 2.38. The first-order valence-electron chi connectivity index (χ1n) is 22.3. The Bertz CT molecular complexity index is 2360. The van der Waals surface area contributed by atoms with Crippen molar-refractivity contribution >= 4 is 23.8 Å². The number of carbonyl (C=O) groups excluding carboxylic acids is 1. The summed E-state index contributed by atoms with van der Waals surface area (Å²) in [5.74, 6) is 1.81.